The lowest BCUT2D eigenvalue weighted by Gasteiger charge is -2.19. The fourth-order valence-corrected chi connectivity index (χ4v) is 1.46. The molecule has 0 N–H and O–H groups in total. The van der Waals surface area contributed by atoms with E-state index in [1.165, 1.54) is 4.90 Å². The Kier molecular flexibility index (Phi) is 4.58. The second kappa shape index (κ2) is 5.52. The molecule has 90 valence electrons. The van der Waals surface area contributed by atoms with Crippen LogP contribution in [0.2, 0.25) is 0 Å². The third-order valence-electron chi connectivity index (χ3n) is 2.09. The molecule has 0 aliphatic carbocycles. The maximum Gasteiger partial charge on any atom is 0.390 e. The van der Waals surface area contributed by atoms with Crippen molar-refractivity contribution >= 4 is 21.7 Å². The summed E-state index contributed by atoms with van der Waals surface area (Å²) in [5, 5.41) is 0.687. The number of halogens is 4. The van der Waals surface area contributed by atoms with Crippen molar-refractivity contribution in [2.24, 2.45) is 0 Å². The Bertz CT molecular complexity index is 324. The first-order valence-corrected chi connectivity index (χ1v) is 5.83. The number of alkyl halides is 4. The minimum absolute atomic E-state index is 0.0792. The molecule has 0 spiro atoms. The van der Waals surface area contributed by atoms with Crippen LogP contribution in [0.15, 0.2) is 18.3 Å². The van der Waals surface area contributed by atoms with Gasteiger partial charge < -0.3 is 4.90 Å². The topological polar surface area (TPSA) is 16.1 Å². The summed E-state index contributed by atoms with van der Waals surface area (Å²) < 4.78 is 36.0. The molecule has 0 aliphatic heterocycles. The zero-order chi connectivity index (χ0) is 12.2. The summed E-state index contributed by atoms with van der Waals surface area (Å²) in [6.07, 6.45) is -3.30. The molecule has 0 aliphatic rings. The van der Waals surface area contributed by atoms with E-state index >= 15 is 0 Å². The van der Waals surface area contributed by atoms with Gasteiger partial charge in [0, 0.05) is 25.1 Å². The van der Waals surface area contributed by atoms with E-state index in [1.54, 1.807) is 19.3 Å². The molecule has 0 saturated heterocycles. The Morgan fingerprint density at radius 3 is 2.50 bits per heavy atom. The summed E-state index contributed by atoms with van der Waals surface area (Å²) in [7, 11) is 1.60. The number of hydrogen-bond acceptors (Lipinski definition) is 2. The fraction of sp³-hybridized carbons (Fsp3) is 0.500. The van der Waals surface area contributed by atoms with Crippen molar-refractivity contribution in [1.29, 1.82) is 0 Å². The van der Waals surface area contributed by atoms with Gasteiger partial charge in [-0.2, -0.15) is 13.2 Å². The third kappa shape index (κ3) is 4.38. The third-order valence-corrected chi connectivity index (χ3v) is 2.73. The quantitative estimate of drug-likeness (QED) is 0.792. The van der Waals surface area contributed by atoms with Gasteiger partial charge in [-0.15, -0.1) is 0 Å². The normalized spacial score (nSPS) is 11.6. The van der Waals surface area contributed by atoms with Crippen LogP contribution in [0.25, 0.3) is 0 Å². The van der Waals surface area contributed by atoms with Crippen molar-refractivity contribution in [3.05, 3.63) is 23.9 Å². The summed E-state index contributed by atoms with van der Waals surface area (Å²) in [6, 6.07) is 3.55. The molecule has 1 rings (SSSR count). The number of rotatable bonds is 4. The maximum atomic E-state index is 12.0. The van der Waals surface area contributed by atoms with Crippen molar-refractivity contribution < 1.29 is 13.2 Å². The number of nitrogens with zero attached hydrogens (tertiary/aromatic N) is 2. The molecule has 0 aromatic carbocycles. The first-order chi connectivity index (χ1) is 7.42. The number of anilines is 1. The smallest absolute Gasteiger partial charge is 0.359 e. The predicted octanol–water partition coefficient (Wildman–Crippen LogP) is 3.37. The molecule has 16 heavy (non-hydrogen) atoms. The van der Waals surface area contributed by atoms with Crippen LogP contribution in [0.5, 0.6) is 0 Å². The highest BCUT2D eigenvalue weighted by Crippen LogP contribution is 2.21. The molecule has 0 radical (unpaired) electrons. The minimum Gasteiger partial charge on any atom is -0.359 e. The Labute approximate surface area is 101 Å². The zero-order valence-corrected chi connectivity index (χ0v) is 10.3. The average molecular weight is 297 g/mol. The highest BCUT2D eigenvalue weighted by molar-refractivity contribution is 9.08. The summed E-state index contributed by atoms with van der Waals surface area (Å²) in [5.41, 5.74) is 0.993. The molecule has 1 heterocycles. The van der Waals surface area contributed by atoms with E-state index in [1.807, 2.05) is 6.07 Å². The SMILES string of the molecule is CN(CCC(F)(F)F)c1ccc(CBr)cn1. The highest BCUT2D eigenvalue weighted by Gasteiger charge is 2.27. The lowest BCUT2D eigenvalue weighted by Crippen LogP contribution is -2.24. The molecule has 0 unspecified atom stereocenters. The second-order valence-corrected chi connectivity index (χ2v) is 4.01. The largest absolute Gasteiger partial charge is 0.390 e. The van der Waals surface area contributed by atoms with Crippen LogP contribution >= 0.6 is 15.9 Å². The molecule has 0 fully saturated rings. The van der Waals surface area contributed by atoms with E-state index in [4.69, 9.17) is 0 Å². The van der Waals surface area contributed by atoms with Gasteiger partial charge in [-0.25, -0.2) is 4.98 Å². The van der Waals surface area contributed by atoms with E-state index in [0.717, 1.165) is 5.56 Å². The summed E-state index contributed by atoms with van der Waals surface area (Å²) in [5.74, 6) is 0.550. The first-order valence-electron chi connectivity index (χ1n) is 4.71. The molecule has 1 aromatic heterocycles. The van der Waals surface area contributed by atoms with E-state index in [0.29, 0.717) is 11.1 Å². The van der Waals surface area contributed by atoms with Gasteiger partial charge in [0.05, 0.1) is 6.42 Å². The molecule has 0 amide bonds. The molecule has 1 aromatic rings. The van der Waals surface area contributed by atoms with Gasteiger partial charge in [0.15, 0.2) is 0 Å². The van der Waals surface area contributed by atoms with Gasteiger partial charge in [-0.1, -0.05) is 22.0 Å². The van der Waals surface area contributed by atoms with Crippen LogP contribution in [0.1, 0.15) is 12.0 Å². The standard InChI is InChI=1S/C10H12BrF3N2/c1-16(5-4-10(12,13)14)9-3-2-8(6-11)7-15-9/h2-3,7H,4-6H2,1H3. The molecule has 0 atom stereocenters. The van der Waals surface area contributed by atoms with Crippen LogP contribution in [0.4, 0.5) is 19.0 Å². The molecule has 2 nitrogen and oxygen atoms in total. The van der Waals surface area contributed by atoms with Crippen molar-refractivity contribution in [2.75, 3.05) is 18.5 Å². The molecular weight excluding hydrogens is 285 g/mol. The van der Waals surface area contributed by atoms with Gasteiger partial charge >= 0.3 is 6.18 Å². The molecular formula is C10H12BrF3N2. The van der Waals surface area contributed by atoms with Crippen molar-refractivity contribution in [2.45, 2.75) is 17.9 Å². The highest BCUT2D eigenvalue weighted by atomic mass is 79.9. The van der Waals surface area contributed by atoms with Crippen LogP contribution in [-0.2, 0) is 5.33 Å². The predicted molar refractivity (Wildman–Crippen MR) is 60.8 cm³/mol. The zero-order valence-electron chi connectivity index (χ0n) is 8.76. The molecule has 0 bridgehead atoms. The monoisotopic (exact) mass is 296 g/mol. The van der Waals surface area contributed by atoms with Crippen molar-refractivity contribution in [3.8, 4) is 0 Å². The van der Waals surface area contributed by atoms with Crippen LogP contribution in [0.3, 0.4) is 0 Å². The minimum atomic E-state index is -4.12. The van der Waals surface area contributed by atoms with Crippen LogP contribution in [0, 0.1) is 0 Å². The second-order valence-electron chi connectivity index (χ2n) is 3.45. The summed E-state index contributed by atoms with van der Waals surface area (Å²) in [6.45, 7) is -0.0792. The first kappa shape index (κ1) is 13.3. The summed E-state index contributed by atoms with van der Waals surface area (Å²) in [4.78, 5) is 5.57. The van der Waals surface area contributed by atoms with E-state index in [-0.39, 0.29) is 6.54 Å². The van der Waals surface area contributed by atoms with Gasteiger partial charge in [-0.3, -0.25) is 0 Å². The maximum absolute atomic E-state index is 12.0. The van der Waals surface area contributed by atoms with Crippen LogP contribution in [-0.4, -0.2) is 24.8 Å². The number of pyridine rings is 1. The lowest BCUT2D eigenvalue weighted by molar-refractivity contribution is -0.132. The number of hydrogen-bond donors (Lipinski definition) is 0. The van der Waals surface area contributed by atoms with E-state index < -0.39 is 12.6 Å². The Morgan fingerprint density at radius 1 is 1.38 bits per heavy atom. The van der Waals surface area contributed by atoms with E-state index in [9.17, 15) is 13.2 Å². The Balaban J connectivity index is 2.56. The molecule has 6 heteroatoms. The van der Waals surface area contributed by atoms with Gasteiger partial charge in [0.1, 0.15) is 5.82 Å². The van der Waals surface area contributed by atoms with Crippen molar-refractivity contribution in [3.63, 3.8) is 0 Å². The number of aromatic nitrogens is 1. The van der Waals surface area contributed by atoms with Crippen molar-refractivity contribution in [1.82, 2.24) is 4.98 Å². The molecule has 0 saturated carbocycles. The van der Waals surface area contributed by atoms with Gasteiger partial charge in [0.25, 0.3) is 0 Å². The lowest BCUT2D eigenvalue weighted by atomic mass is 10.3. The van der Waals surface area contributed by atoms with E-state index in [2.05, 4.69) is 20.9 Å². The average Bonchev–Trinajstić information content (AvgIpc) is 2.25. The Hall–Kier alpha value is -0.780. The van der Waals surface area contributed by atoms with Gasteiger partial charge in [-0.05, 0) is 11.6 Å². The Morgan fingerprint density at radius 2 is 2.06 bits per heavy atom. The van der Waals surface area contributed by atoms with Crippen LogP contribution < -0.4 is 4.90 Å². The van der Waals surface area contributed by atoms with Gasteiger partial charge in [0.2, 0.25) is 0 Å². The summed E-state index contributed by atoms with van der Waals surface area (Å²) >= 11 is 3.27. The fourth-order valence-electron chi connectivity index (χ4n) is 1.13.